The molecule has 1 fully saturated rings. The Balaban J connectivity index is 1.51. The van der Waals surface area contributed by atoms with Gasteiger partial charge in [-0.3, -0.25) is 10.3 Å². The number of anilines is 1. The van der Waals surface area contributed by atoms with E-state index in [0.29, 0.717) is 5.17 Å². The van der Waals surface area contributed by atoms with Crippen LogP contribution in [0.3, 0.4) is 0 Å². The van der Waals surface area contributed by atoms with Gasteiger partial charge in [0.2, 0.25) is 0 Å². The summed E-state index contributed by atoms with van der Waals surface area (Å²) in [5.41, 5.74) is 4.85. The van der Waals surface area contributed by atoms with Crippen molar-refractivity contribution < 1.29 is 4.79 Å². The molecule has 0 aliphatic carbocycles. The second kappa shape index (κ2) is 6.60. The maximum absolute atomic E-state index is 12.5. The van der Waals surface area contributed by atoms with E-state index >= 15 is 0 Å². The van der Waals surface area contributed by atoms with Gasteiger partial charge in [-0.1, -0.05) is 60.3 Å². The molecule has 2 amide bonds. The first-order chi connectivity index (χ1) is 12.2. The van der Waals surface area contributed by atoms with Gasteiger partial charge in [-0.25, -0.2) is 9.79 Å². The third kappa shape index (κ3) is 2.98. The number of urea groups is 1. The molecule has 2 aliphatic rings. The fraction of sp³-hybridized carbons (Fsp3) is 0.167. The zero-order valence-corrected chi connectivity index (χ0v) is 14.4. The highest BCUT2D eigenvalue weighted by atomic mass is 32.2. The predicted octanol–water partition coefficient (Wildman–Crippen LogP) is 2.94. The standard InChI is InChI=1S/C18H17N5OS/c1-22-16-15(23(18(22)24)14-10-6-3-7-11-14)20-17(25-16)21-19-12-13-8-4-2-5-9-13/h2-12,15-16H,1H3,(H,20,21)/b19-12+. The summed E-state index contributed by atoms with van der Waals surface area (Å²) in [6, 6.07) is 19.4. The van der Waals surface area contributed by atoms with Crippen LogP contribution in [-0.2, 0) is 0 Å². The van der Waals surface area contributed by atoms with E-state index in [1.807, 2.05) is 67.7 Å². The molecule has 2 aromatic rings. The van der Waals surface area contributed by atoms with E-state index in [9.17, 15) is 4.79 Å². The van der Waals surface area contributed by atoms with Crippen LogP contribution in [-0.4, -0.2) is 40.9 Å². The molecule has 1 saturated heterocycles. The lowest BCUT2D eigenvalue weighted by molar-refractivity contribution is 0.227. The molecule has 7 heteroatoms. The van der Waals surface area contributed by atoms with Crippen LogP contribution in [0.2, 0.25) is 0 Å². The number of hydrogen-bond acceptors (Lipinski definition) is 5. The second-order valence-electron chi connectivity index (χ2n) is 5.74. The minimum absolute atomic E-state index is 0.0377. The van der Waals surface area contributed by atoms with Gasteiger partial charge in [0, 0.05) is 12.7 Å². The third-order valence-corrected chi connectivity index (χ3v) is 5.32. The number of amidine groups is 1. The van der Waals surface area contributed by atoms with E-state index in [1.54, 1.807) is 16.0 Å². The van der Waals surface area contributed by atoms with E-state index < -0.39 is 0 Å². The monoisotopic (exact) mass is 351 g/mol. The van der Waals surface area contributed by atoms with Crippen molar-refractivity contribution >= 4 is 34.9 Å². The number of hydrazone groups is 1. The molecule has 1 N–H and O–H groups in total. The number of benzene rings is 2. The van der Waals surface area contributed by atoms with Crippen molar-refractivity contribution in [2.45, 2.75) is 11.5 Å². The van der Waals surface area contributed by atoms with Gasteiger partial charge >= 0.3 is 6.03 Å². The number of amides is 2. The van der Waals surface area contributed by atoms with Crippen LogP contribution in [0.5, 0.6) is 0 Å². The number of carbonyl (C=O) groups is 1. The molecule has 2 aromatic carbocycles. The molecule has 2 aliphatic heterocycles. The Morgan fingerprint density at radius 2 is 1.80 bits per heavy atom. The normalized spacial score (nSPS) is 22.4. The number of likely N-dealkylation sites (N-methyl/N-ethyl adjacent to an activating group) is 1. The van der Waals surface area contributed by atoms with Crippen molar-refractivity contribution in [3.63, 3.8) is 0 Å². The fourth-order valence-corrected chi connectivity index (χ4v) is 3.91. The van der Waals surface area contributed by atoms with Crippen LogP contribution in [0.4, 0.5) is 10.5 Å². The molecule has 2 atom stereocenters. The van der Waals surface area contributed by atoms with Crippen molar-refractivity contribution in [1.29, 1.82) is 0 Å². The highest BCUT2D eigenvalue weighted by molar-refractivity contribution is 8.14. The first-order valence-electron chi connectivity index (χ1n) is 7.94. The van der Waals surface area contributed by atoms with Crippen LogP contribution in [0.15, 0.2) is 70.8 Å². The number of fused-ring (bicyclic) bond motifs is 1. The molecule has 25 heavy (non-hydrogen) atoms. The van der Waals surface area contributed by atoms with Crippen LogP contribution in [0.25, 0.3) is 0 Å². The summed E-state index contributed by atoms with van der Waals surface area (Å²) in [4.78, 5) is 20.7. The number of nitrogens with zero attached hydrogens (tertiary/aromatic N) is 4. The van der Waals surface area contributed by atoms with Crippen molar-refractivity contribution in [3.05, 3.63) is 66.2 Å². The molecule has 2 heterocycles. The van der Waals surface area contributed by atoms with Gasteiger partial charge in [0.05, 0.1) is 6.21 Å². The first-order valence-corrected chi connectivity index (χ1v) is 8.82. The Morgan fingerprint density at radius 1 is 1.12 bits per heavy atom. The summed E-state index contributed by atoms with van der Waals surface area (Å²) < 4.78 is 0. The van der Waals surface area contributed by atoms with Crippen LogP contribution >= 0.6 is 11.8 Å². The van der Waals surface area contributed by atoms with Gasteiger partial charge in [0.1, 0.15) is 5.37 Å². The van der Waals surface area contributed by atoms with Gasteiger partial charge < -0.3 is 4.90 Å². The highest BCUT2D eigenvalue weighted by Crippen LogP contribution is 2.38. The Labute approximate surface area is 150 Å². The molecule has 0 spiro atoms. The van der Waals surface area contributed by atoms with E-state index in [4.69, 9.17) is 0 Å². The lowest BCUT2D eigenvalue weighted by Gasteiger charge is -2.19. The van der Waals surface area contributed by atoms with E-state index in [1.165, 1.54) is 11.8 Å². The number of carbonyl (C=O) groups excluding carboxylic acids is 1. The molecule has 2 unspecified atom stereocenters. The smallest absolute Gasteiger partial charge is 0.311 e. The quantitative estimate of drug-likeness (QED) is 0.683. The molecular weight excluding hydrogens is 334 g/mol. The number of hydrogen-bond donors (Lipinski definition) is 1. The number of rotatable bonds is 3. The number of thioether (sulfide) groups is 1. The summed E-state index contributed by atoms with van der Waals surface area (Å²) in [5, 5.41) is 4.90. The summed E-state index contributed by atoms with van der Waals surface area (Å²) in [5.74, 6) is 0. The SMILES string of the molecule is CN1C(=O)N(c2ccccc2)C2N=C(N/N=C/c3ccccc3)SC21. The van der Waals surface area contributed by atoms with Gasteiger partial charge in [0.15, 0.2) is 11.3 Å². The summed E-state index contributed by atoms with van der Waals surface area (Å²) in [6.07, 6.45) is 1.50. The largest absolute Gasteiger partial charge is 0.327 e. The summed E-state index contributed by atoms with van der Waals surface area (Å²) >= 11 is 1.52. The van der Waals surface area contributed by atoms with Gasteiger partial charge in [-0.2, -0.15) is 5.10 Å². The van der Waals surface area contributed by atoms with Crippen molar-refractivity contribution in [2.75, 3.05) is 11.9 Å². The number of aliphatic imine (C=N–C) groups is 1. The van der Waals surface area contributed by atoms with E-state index in [0.717, 1.165) is 11.3 Å². The fourth-order valence-electron chi connectivity index (χ4n) is 2.85. The average Bonchev–Trinajstić information content (AvgIpc) is 3.15. The van der Waals surface area contributed by atoms with E-state index in [-0.39, 0.29) is 17.6 Å². The number of para-hydroxylation sites is 1. The second-order valence-corrected chi connectivity index (χ2v) is 6.84. The lowest BCUT2D eigenvalue weighted by atomic mass is 10.2. The Kier molecular flexibility index (Phi) is 4.15. The molecule has 4 rings (SSSR count). The van der Waals surface area contributed by atoms with Crippen molar-refractivity contribution in [3.8, 4) is 0 Å². The maximum atomic E-state index is 12.5. The van der Waals surface area contributed by atoms with Crippen LogP contribution < -0.4 is 10.3 Å². The topological polar surface area (TPSA) is 60.3 Å². The van der Waals surface area contributed by atoms with Crippen LogP contribution in [0.1, 0.15) is 5.56 Å². The molecule has 0 bridgehead atoms. The molecule has 0 aromatic heterocycles. The summed E-state index contributed by atoms with van der Waals surface area (Å²) in [7, 11) is 1.81. The van der Waals surface area contributed by atoms with Gasteiger partial charge in [-0.05, 0) is 17.7 Å². The van der Waals surface area contributed by atoms with Crippen molar-refractivity contribution in [1.82, 2.24) is 10.3 Å². The zero-order valence-electron chi connectivity index (χ0n) is 13.6. The Morgan fingerprint density at radius 3 is 2.52 bits per heavy atom. The zero-order chi connectivity index (χ0) is 17.2. The van der Waals surface area contributed by atoms with Gasteiger partial charge in [-0.15, -0.1) is 0 Å². The van der Waals surface area contributed by atoms with Crippen LogP contribution in [0, 0.1) is 0 Å². The predicted molar refractivity (Wildman–Crippen MR) is 102 cm³/mol. The molecule has 0 saturated carbocycles. The van der Waals surface area contributed by atoms with E-state index in [2.05, 4.69) is 15.5 Å². The highest BCUT2D eigenvalue weighted by Gasteiger charge is 2.49. The minimum Gasteiger partial charge on any atom is -0.311 e. The first kappa shape index (κ1) is 15.7. The number of nitrogens with one attached hydrogen (secondary N) is 1. The minimum atomic E-state index is -0.251. The molecular formula is C18H17N5OS. The molecule has 6 nitrogen and oxygen atoms in total. The van der Waals surface area contributed by atoms with Crippen molar-refractivity contribution in [2.24, 2.45) is 10.1 Å². The molecule has 0 radical (unpaired) electrons. The molecule has 126 valence electrons. The van der Waals surface area contributed by atoms with Gasteiger partial charge in [0.25, 0.3) is 0 Å². The lowest BCUT2D eigenvalue weighted by Crippen LogP contribution is -2.33. The maximum Gasteiger partial charge on any atom is 0.327 e. The Hall–Kier alpha value is -2.80. The average molecular weight is 351 g/mol. The Bertz CT molecular complexity index is 824. The third-order valence-electron chi connectivity index (χ3n) is 4.10. The summed E-state index contributed by atoms with van der Waals surface area (Å²) in [6.45, 7) is 0.